The monoisotopic (exact) mass is 311 g/mol. The maximum Gasteiger partial charge on any atom is 0.191 e. The summed E-state index contributed by atoms with van der Waals surface area (Å²) in [4.78, 5) is 0. The molecule has 22 heavy (non-hydrogen) atoms. The minimum atomic E-state index is -1.33. The van der Waals surface area contributed by atoms with Gasteiger partial charge >= 0.3 is 0 Å². The van der Waals surface area contributed by atoms with E-state index in [0.717, 1.165) is 22.8 Å². The predicted molar refractivity (Wildman–Crippen MR) is 91.8 cm³/mol. The molecule has 0 saturated carbocycles. The number of hydrogen-bond donors (Lipinski definition) is 0. The number of rotatable bonds is 5. The quantitative estimate of drug-likeness (QED) is 0.658. The molecule has 0 saturated heterocycles. The van der Waals surface area contributed by atoms with Crippen molar-refractivity contribution in [2.75, 3.05) is 0 Å². The van der Waals surface area contributed by atoms with Crippen LogP contribution in [0, 0.1) is 0 Å². The third-order valence-corrected chi connectivity index (χ3v) is 5.03. The van der Waals surface area contributed by atoms with Crippen LogP contribution in [0.1, 0.15) is 6.23 Å². The molecule has 0 radical (unpaired) electrons. The second-order valence-electron chi connectivity index (χ2n) is 6.67. The Hall–Kier alpha value is -2.14. The van der Waals surface area contributed by atoms with Crippen molar-refractivity contribution in [3.63, 3.8) is 0 Å². The van der Waals surface area contributed by atoms with Gasteiger partial charge in [0.05, 0.1) is 13.6 Å². The van der Waals surface area contributed by atoms with E-state index in [1.807, 2.05) is 59.3 Å². The van der Waals surface area contributed by atoms with Crippen LogP contribution in [0.5, 0.6) is 5.75 Å². The van der Waals surface area contributed by atoms with Gasteiger partial charge in [0.25, 0.3) is 0 Å². The molecule has 4 nitrogen and oxygen atoms in total. The highest BCUT2D eigenvalue weighted by Crippen LogP contribution is 2.27. The lowest BCUT2D eigenvalue weighted by atomic mass is 10.3. The summed E-state index contributed by atoms with van der Waals surface area (Å²) in [6.07, 6.45) is -0.124. The zero-order valence-electron chi connectivity index (χ0n) is 13.2. The van der Waals surface area contributed by atoms with Gasteiger partial charge in [-0.2, -0.15) is 0 Å². The molecule has 3 rings (SSSR count). The van der Waals surface area contributed by atoms with Crippen molar-refractivity contribution in [1.82, 2.24) is 15.0 Å². The Morgan fingerprint density at radius 2 is 1.68 bits per heavy atom. The first-order valence-corrected chi connectivity index (χ1v) is 11.3. The largest absolute Gasteiger partial charge is 0.469 e. The lowest BCUT2D eigenvalue weighted by molar-refractivity contribution is 0.139. The van der Waals surface area contributed by atoms with Gasteiger partial charge in [-0.3, -0.25) is 0 Å². The van der Waals surface area contributed by atoms with Crippen molar-refractivity contribution >= 4 is 19.1 Å². The minimum Gasteiger partial charge on any atom is -0.469 e. The van der Waals surface area contributed by atoms with Gasteiger partial charge in [0.1, 0.15) is 11.3 Å². The molecule has 0 amide bonds. The summed E-state index contributed by atoms with van der Waals surface area (Å²) >= 11 is 0. The van der Waals surface area contributed by atoms with Crippen LogP contribution in [0.25, 0.3) is 11.0 Å². The molecule has 1 unspecified atom stereocenters. The molecule has 0 aliphatic rings. The van der Waals surface area contributed by atoms with Crippen LogP contribution in [0.2, 0.25) is 25.7 Å². The van der Waals surface area contributed by atoms with Crippen molar-refractivity contribution < 1.29 is 4.74 Å². The smallest absolute Gasteiger partial charge is 0.191 e. The third kappa shape index (κ3) is 3.36. The Morgan fingerprint density at radius 3 is 2.41 bits per heavy atom. The van der Waals surface area contributed by atoms with Crippen molar-refractivity contribution in [1.29, 1.82) is 0 Å². The van der Waals surface area contributed by atoms with Gasteiger partial charge in [0.2, 0.25) is 0 Å². The Kier molecular flexibility index (Phi) is 3.98. The zero-order valence-corrected chi connectivity index (χ0v) is 14.2. The summed E-state index contributed by atoms with van der Waals surface area (Å²) in [6, 6.07) is 18.9. The predicted octanol–water partition coefficient (Wildman–Crippen LogP) is 4.35. The molecule has 114 valence electrons. The van der Waals surface area contributed by atoms with Gasteiger partial charge in [0.15, 0.2) is 6.23 Å². The second-order valence-corrected chi connectivity index (χ2v) is 12.2. The lowest BCUT2D eigenvalue weighted by Gasteiger charge is -2.25. The summed E-state index contributed by atoms with van der Waals surface area (Å²) in [5.74, 6) is 0.866. The van der Waals surface area contributed by atoms with Gasteiger partial charge in [-0.05, 0) is 24.3 Å². The first kappa shape index (κ1) is 14.8. The van der Waals surface area contributed by atoms with Gasteiger partial charge in [0, 0.05) is 6.04 Å². The number of benzene rings is 2. The van der Waals surface area contributed by atoms with Crippen LogP contribution >= 0.6 is 0 Å². The molecule has 0 aliphatic carbocycles. The van der Waals surface area contributed by atoms with Gasteiger partial charge in [-0.15, -0.1) is 5.10 Å². The number of ether oxygens (including phenoxy) is 1. The maximum absolute atomic E-state index is 6.24. The molecular weight excluding hydrogens is 290 g/mol. The Morgan fingerprint density at radius 1 is 1.00 bits per heavy atom. The fourth-order valence-corrected chi connectivity index (χ4v) is 3.76. The molecule has 0 aliphatic heterocycles. The van der Waals surface area contributed by atoms with E-state index in [1.54, 1.807) is 0 Å². The normalized spacial score (nSPS) is 13.2. The highest BCUT2D eigenvalue weighted by Gasteiger charge is 2.25. The van der Waals surface area contributed by atoms with Crippen LogP contribution < -0.4 is 4.74 Å². The first-order valence-electron chi connectivity index (χ1n) is 7.55. The van der Waals surface area contributed by atoms with Crippen molar-refractivity contribution in [3.05, 3.63) is 54.6 Å². The number of nitrogens with zero attached hydrogens (tertiary/aromatic N) is 3. The van der Waals surface area contributed by atoms with E-state index in [1.165, 1.54) is 0 Å². The fourth-order valence-electron chi connectivity index (χ4n) is 2.46. The summed E-state index contributed by atoms with van der Waals surface area (Å²) in [7, 11) is -1.33. The minimum absolute atomic E-state index is 0.124. The average molecular weight is 311 g/mol. The number of hydrogen-bond acceptors (Lipinski definition) is 3. The molecule has 3 aromatic rings. The van der Waals surface area contributed by atoms with Gasteiger partial charge < -0.3 is 4.74 Å². The van der Waals surface area contributed by atoms with Crippen molar-refractivity contribution in [3.8, 4) is 5.75 Å². The Bertz CT molecular complexity index is 749. The van der Waals surface area contributed by atoms with Gasteiger partial charge in [-0.25, -0.2) is 4.68 Å². The average Bonchev–Trinajstić information content (AvgIpc) is 2.90. The molecule has 2 aromatic carbocycles. The van der Waals surface area contributed by atoms with E-state index >= 15 is 0 Å². The maximum atomic E-state index is 6.24. The van der Waals surface area contributed by atoms with Gasteiger partial charge in [-0.1, -0.05) is 55.2 Å². The lowest BCUT2D eigenvalue weighted by Crippen LogP contribution is -2.29. The van der Waals surface area contributed by atoms with Crippen molar-refractivity contribution in [2.45, 2.75) is 31.9 Å². The molecule has 0 N–H and O–H groups in total. The highest BCUT2D eigenvalue weighted by atomic mass is 28.3. The first-order chi connectivity index (χ1) is 10.5. The van der Waals surface area contributed by atoms with Crippen LogP contribution in [0.15, 0.2) is 54.6 Å². The van der Waals surface area contributed by atoms with E-state index in [4.69, 9.17) is 4.74 Å². The summed E-state index contributed by atoms with van der Waals surface area (Å²) in [5, 5.41) is 8.60. The number of aromatic nitrogens is 3. The molecule has 1 atom stereocenters. The third-order valence-electron chi connectivity index (χ3n) is 3.45. The van der Waals surface area contributed by atoms with E-state index in [0.29, 0.717) is 0 Å². The van der Waals surface area contributed by atoms with Crippen LogP contribution in [0.3, 0.4) is 0 Å². The summed E-state index contributed by atoms with van der Waals surface area (Å²) < 4.78 is 8.16. The summed E-state index contributed by atoms with van der Waals surface area (Å²) in [6.45, 7) is 7.02. The van der Waals surface area contributed by atoms with E-state index in [9.17, 15) is 0 Å². The topological polar surface area (TPSA) is 39.9 Å². The van der Waals surface area contributed by atoms with Crippen LogP contribution in [-0.4, -0.2) is 23.1 Å². The molecule has 5 heteroatoms. The van der Waals surface area contributed by atoms with E-state index in [2.05, 4.69) is 30.0 Å². The zero-order chi connectivity index (χ0) is 15.6. The molecule has 1 aromatic heterocycles. The number of para-hydroxylation sites is 2. The molecule has 0 spiro atoms. The molecule has 0 fully saturated rings. The molecule has 0 bridgehead atoms. The SMILES string of the molecule is C[Si](C)(C)CC(Oc1ccccc1)n1nnc2ccccc21. The number of fused-ring (bicyclic) bond motifs is 1. The highest BCUT2D eigenvalue weighted by molar-refractivity contribution is 6.76. The van der Waals surface area contributed by atoms with Crippen LogP contribution in [-0.2, 0) is 0 Å². The Labute approximate surface area is 131 Å². The van der Waals surface area contributed by atoms with E-state index < -0.39 is 8.07 Å². The summed E-state index contributed by atoms with van der Waals surface area (Å²) in [5.41, 5.74) is 1.92. The standard InChI is InChI=1S/C17H21N3OSi/c1-22(2,3)13-17(21-14-9-5-4-6-10-14)20-16-12-8-7-11-15(16)18-19-20/h4-12,17H,13H2,1-3H3. The molecule has 1 heterocycles. The molecular formula is C17H21N3OSi. The Balaban J connectivity index is 1.97. The van der Waals surface area contributed by atoms with Crippen LogP contribution in [0.4, 0.5) is 0 Å². The second kappa shape index (κ2) is 5.92. The fraction of sp³-hybridized carbons (Fsp3) is 0.294. The van der Waals surface area contributed by atoms with Crippen molar-refractivity contribution in [2.24, 2.45) is 0 Å². The van der Waals surface area contributed by atoms with E-state index in [-0.39, 0.29) is 6.23 Å².